The van der Waals surface area contributed by atoms with Gasteiger partial charge in [0.1, 0.15) is 23.4 Å². The molecular formula is C26H26N4O5S. The predicted molar refractivity (Wildman–Crippen MR) is 135 cm³/mol. The van der Waals surface area contributed by atoms with Gasteiger partial charge >= 0.3 is 0 Å². The molecule has 9 nitrogen and oxygen atoms in total. The van der Waals surface area contributed by atoms with E-state index in [4.69, 9.17) is 18.6 Å². The molecule has 4 aromatic rings. The van der Waals surface area contributed by atoms with Crippen LogP contribution in [0.4, 0.5) is 5.13 Å². The Morgan fingerprint density at radius 1 is 1.14 bits per heavy atom. The van der Waals surface area contributed by atoms with E-state index >= 15 is 0 Å². The van der Waals surface area contributed by atoms with E-state index in [2.05, 4.69) is 20.5 Å². The molecule has 2 heterocycles. The summed E-state index contributed by atoms with van der Waals surface area (Å²) in [5.74, 6) is 2.82. The van der Waals surface area contributed by atoms with E-state index in [1.807, 2.05) is 43.5 Å². The third-order valence-corrected chi connectivity index (χ3v) is 6.30. The first-order chi connectivity index (χ1) is 17.5. The van der Waals surface area contributed by atoms with Gasteiger partial charge in [-0.2, -0.15) is 0 Å². The van der Waals surface area contributed by atoms with E-state index < -0.39 is 0 Å². The molecule has 5 rings (SSSR count). The monoisotopic (exact) mass is 506 g/mol. The number of aromatic nitrogens is 3. The molecule has 2 aromatic carbocycles. The number of benzene rings is 2. The second-order valence-electron chi connectivity index (χ2n) is 8.67. The number of hydrogen-bond donors (Lipinski definition) is 1. The van der Waals surface area contributed by atoms with Crippen molar-refractivity contribution in [1.29, 1.82) is 0 Å². The smallest absolute Gasteiger partial charge is 0.257 e. The molecule has 1 amide bonds. The van der Waals surface area contributed by atoms with E-state index in [1.54, 1.807) is 25.3 Å². The number of hydrogen-bond acceptors (Lipinski definition) is 9. The quantitative estimate of drug-likeness (QED) is 0.286. The third-order valence-electron chi connectivity index (χ3n) is 5.42. The minimum atomic E-state index is -0.308. The molecule has 2 aromatic heterocycles. The molecule has 10 heteroatoms. The topological polar surface area (TPSA) is 109 Å². The number of thiazole rings is 1. The summed E-state index contributed by atoms with van der Waals surface area (Å²) >= 11 is 1.37. The average Bonchev–Trinajstić information content (AvgIpc) is 3.44. The lowest BCUT2D eigenvalue weighted by atomic mass is 10.1. The number of rotatable bonds is 10. The molecule has 1 atom stereocenters. The number of methoxy groups -OCH3 is 1. The summed E-state index contributed by atoms with van der Waals surface area (Å²) < 4.78 is 23.0. The number of carbonyl (C=O) groups excluding carboxylic acids is 1. The fourth-order valence-corrected chi connectivity index (χ4v) is 4.24. The minimum Gasteiger partial charge on any atom is -0.488 e. The van der Waals surface area contributed by atoms with Gasteiger partial charge in [0.15, 0.2) is 5.13 Å². The first-order valence-corrected chi connectivity index (χ1v) is 12.5. The molecule has 1 fully saturated rings. The first kappa shape index (κ1) is 24.0. The highest BCUT2D eigenvalue weighted by Gasteiger charge is 2.29. The van der Waals surface area contributed by atoms with Gasteiger partial charge in [-0.05, 0) is 63.1 Å². The Kier molecular flexibility index (Phi) is 6.97. The van der Waals surface area contributed by atoms with E-state index in [-0.39, 0.29) is 12.0 Å². The van der Waals surface area contributed by atoms with Crippen LogP contribution < -0.4 is 14.8 Å². The van der Waals surface area contributed by atoms with Crippen LogP contribution in [-0.2, 0) is 4.74 Å². The van der Waals surface area contributed by atoms with Crippen LogP contribution in [0.25, 0.3) is 11.5 Å². The van der Waals surface area contributed by atoms with Crippen LogP contribution in [-0.4, -0.2) is 40.9 Å². The number of amides is 1. The zero-order chi connectivity index (χ0) is 25.1. The number of nitrogens with zero attached hydrogens (tertiary/aromatic N) is 3. The second kappa shape index (κ2) is 10.5. The molecule has 1 unspecified atom stereocenters. The zero-order valence-electron chi connectivity index (χ0n) is 20.2. The second-order valence-corrected chi connectivity index (χ2v) is 9.53. The molecule has 0 radical (unpaired) electrons. The lowest BCUT2D eigenvalue weighted by Crippen LogP contribution is -2.18. The Morgan fingerprint density at radius 3 is 2.61 bits per heavy atom. The molecule has 0 saturated heterocycles. The van der Waals surface area contributed by atoms with Crippen molar-refractivity contribution in [3.8, 4) is 28.7 Å². The number of nitrogens with one attached hydrogen (secondary N) is 1. The highest BCUT2D eigenvalue weighted by Crippen LogP contribution is 2.40. The molecule has 1 aliphatic carbocycles. The van der Waals surface area contributed by atoms with Gasteiger partial charge in [-0.15, -0.1) is 21.5 Å². The molecule has 0 aliphatic heterocycles. The number of aryl methyl sites for hydroxylation is 1. The van der Waals surface area contributed by atoms with Gasteiger partial charge in [0.2, 0.25) is 11.8 Å². The van der Waals surface area contributed by atoms with Crippen molar-refractivity contribution in [3.05, 3.63) is 65.0 Å². The molecule has 1 saturated carbocycles. The van der Waals surface area contributed by atoms with Crippen molar-refractivity contribution < 1.29 is 23.4 Å². The highest BCUT2D eigenvalue weighted by molar-refractivity contribution is 7.13. The molecule has 36 heavy (non-hydrogen) atoms. The summed E-state index contributed by atoms with van der Waals surface area (Å²) in [7, 11) is 1.61. The number of carbonyl (C=O) groups is 1. The molecule has 0 bridgehead atoms. The lowest BCUT2D eigenvalue weighted by Gasteiger charge is -2.16. The first-order valence-electron chi connectivity index (χ1n) is 11.6. The maximum atomic E-state index is 12.9. The Balaban J connectivity index is 1.35. The summed E-state index contributed by atoms with van der Waals surface area (Å²) in [4.78, 5) is 17.2. The van der Waals surface area contributed by atoms with Crippen LogP contribution in [0.2, 0.25) is 0 Å². The molecule has 1 aliphatic rings. The van der Waals surface area contributed by atoms with E-state index in [0.717, 1.165) is 24.1 Å². The highest BCUT2D eigenvalue weighted by atomic mass is 32.1. The van der Waals surface area contributed by atoms with Gasteiger partial charge in [-0.3, -0.25) is 10.1 Å². The van der Waals surface area contributed by atoms with E-state index in [9.17, 15) is 4.79 Å². The molecular weight excluding hydrogens is 480 g/mol. The van der Waals surface area contributed by atoms with Gasteiger partial charge in [0, 0.05) is 35.6 Å². The lowest BCUT2D eigenvalue weighted by molar-refractivity contribution is 0.0916. The van der Waals surface area contributed by atoms with Crippen LogP contribution in [0.3, 0.4) is 0 Å². The van der Waals surface area contributed by atoms with Gasteiger partial charge in [-0.1, -0.05) is 0 Å². The Hall–Kier alpha value is -3.76. The average molecular weight is 507 g/mol. The van der Waals surface area contributed by atoms with E-state index in [1.165, 1.54) is 11.3 Å². The predicted octanol–water partition coefficient (Wildman–Crippen LogP) is 5.84. The summed E-state index contributed by atoms with van der Waals surface area (Å²) in [6.07, 6.45) is 1.99. The van der Waals surface area contributed by atoms with Crippen LogP contribution in [0.1, 0.15) is 47.6 Å². The Labute approximate surface area is 212 Å². The molecule has 1 N–H and O–H groups in total. The Morgan fingerprint density at radius 2 is 1.92 bits per heavy atom. The normalized spacial score (nSPS) is 13.9. The number of anilines is 1. The van der Waals surface area contributed by atoms with E-state index in [0.29, 0.717) is 52.2 Å². The fraction of sp³-hybridized carbons (Fsp3) is 0.308. The number of ether oxygens (including phenoxy) is 3. The zero-order valence-corrected chi connectivity index (χ0v) is 21.0. The summed E-state index contributed by atoms with van der Waals surface area (Å²) in [5, 5.41) is 13.5. The standard InChI is InChI=1S/C26H26N4O5S/c1-15-14-36-26(27-15)28-23(31)19-10-21(33-16(2)13-32-3)12-22(11-19)34-20-8-6-18(7-9-20)25-30-29-24(35-25)17-4-5-17/h6-12,14,16-17H,4-5,13H2,1-3H3,(H,27,28,31). The summed E-state index contributed by atoms with van der Waals surface area (Å²) in [6, 6.07) is 12.4. The molecule has 0 spiro atoms. The van der Waals surface area contributed by atoms with Gasteiger partial charge in [-0.25, -0.2) is 4.98 Å². The van der Waals surface area contributed by atoms with Crippen LogP contribution >= 0.6 is 11.3 Å². The van der Waals surface area contributed by atoms with Crippen molar-refractivity contribution in [2.75, 3.05) is 19.0 Å². The van der Waals surface area contributed by atoms with Crippen LogP contribution in [0.15, 0.2) is 52.3 Å². The van der Waals surface area contributed by atoms with Crippen LogP contribution in [0, 0.1) is 6.92 Å². The summed E-state index contributed by atoms with van der Waals surface area (Å²) in [5.41, 5.74) is 2.04. The van der Waals surface area contributed by atoms with Gasteiger partial charge in [0.05, 0.1) is 12.3 Å². The van der Waals surface area contributed by atoms with Crippen molar-refractivity contribution in [3.63, 3.8) is 0 Å². The Bertz CT molecular complexity index is 1350. The van der Waals surface area contributed by atoms with Gasteiger partial charge in [0.25, 0.3) is 5.91 Å². The molecule has 186 valence electrons. The SMILES string of the molecule is COCC(C)Oc1cc(Oc2ccc(-c3nnc(C4CC4)o3)cc2)cc(C(=O)Nc2nc(C)cs2)c1. The van der Waals surface area contributed by atoms with Gasteiger partial charge < -0.3 is 18.6 Å². The third kappa shape index (κ3) is 5.89. The van der Waals surface area contributed by atoms with Crippen molar-refractivity contribution in [1.82, 2.24) is 15.2 Å². The maximum absolute atomic E-state index is 12.9. The fourth-order valence-electron chi connectivity index (χ4n) is 3.56. The van der Waals surface area contributed by atoms with Crippen molar-refractivity contribution >= 4 is 22.4 Å². The largest absolute Gasteiger partial charge is 0.488 e. The summed E-state index contributed by atoms with van der Waals surface area (Å²) in [6.45, 7) is 4.17. The van der Waals surface area contributed by atoms with Crippen molar-refractivity contribution in [2.45, 2.75) is 38.7 Å². The minimum absolute atomic E-state index is 0.211. The van der Waals surface area contributed by atoms with Crippen LogP contribution in [0.5, 0.6) is 17.2 Å². The van der Waals surface area contributed by atoms with Crippen molar-refractivity contribution in [2.24, 2.45) is 0 Å². The maximum Gasteiger partial charge on any atom is 0.257 e.